The average molecular weight is 564 g/mol. The fraction of sp³-hybridized carbons (Fsp3) is 0.111. The molecule has 2 N–H and O–H groups in total. The number of para-hydroxylation sites is 1. The monoisotopic (exact) mass is 563 g/mol. The first-order valence-corrected chi connectivity index (χ1v) is 11.9. The summed E-state index contributed by atoms with van der Waals surface area (Å²) in [6, 6.07) is 18.1. The number of nitrogens with one attached hydrogen (secondary N) is 2. The van der Waals surface area contributed by atoms with E-state index in [1.165, 1.54) is 13.2 Å². The minimum absolute atomic E-state index is 0.231. The van der Waals surface area contributed by atoms with Crippen LogP contribution >= 0.6 is 15.9 Å². The number of hydrogen-bond donors (Lipinski definition) is 2. The molecule has 0 aromatic heterocycles. The van der Waals surface area contributed by atoms with Gasteiger partial charge in [-0.15, -0.1) is 0 Å². The Balaban J connectivity index is 1.56. The molecular weight excluding hydrogens is 542 g/mol. The van der Waals surface area contributed by atoms with Gasteiger partial charge in [0.2, 0.25) is 0 Å². The van der Waals surface area contributed by atoms with E-state index >= 15 is 0 Å². The maximum Gasteiger partial charge on any atom is 0.335 e. The molecule has 4 rings (SSSR count). The van der Waals surface area contributed by atoms with E-state index in [1.54, 1.807) is 60.7 Å². The fourth-order valence-electron chi connectivity index (χ4n) is 3.57. The van der Waals surface area contributed by atoms with E-state index in [4.69, 9.17) is 9.47 Å². The summed E-state index contributed by atoms with van der Waals surface area (Å²) < 4.78 is 11.5. The smallest absolute Gasteiger partial charge is 0.335 e. The van der Waals surface area contributed by atoms with Crippen LogP contribution in [0.2, 0.25) is 0 Å². The number of imide groups is 2. The van der Waals surface area contributed by atoms with E-state index < -0.39 is 17.8 Å². The lowest BCUT2D eigenvalue weighted by molar-refractivity contribution is -0.122. The van der Waals surface area contributed by atoms with Gasteiger partial charge in [-0.05, 0) is 70.9 Å². The Morgan fingerprint density at radius 2 is 1.76 bits per heavy atom. The number of carbonyl (C=O) groups is 4. The highest BCUT2D eigenvalue weighted by Crippen LogP contribution is 2.37. The largest absolute Gasteiger partial charge is 0.493 e. The lowest BCUT2D eigenvalue weighted by Gasteiger charge is -2.26. The minimum atomic E-state index is -0.827. The number of ether oxygens (including phenoxy) is 2. The molecule has 1 fully saturated rings. The number of methoxy groups -OCH3 is 1. The van der Waals surface area contributed by atoms with Gasteiger partial charge >= 0.3 is 6.03 Å². The van der Waals surface area contributed by atoms with Gasteiger partial charge in [0, 0.05) is 5.69 Å². The topological polar surface area (TPSA) is 114 Å². The van der Waals surface area contributed by atoms with Crippen LogP contribution < -0.4 is 25.0 Å². The SMILES string of the molecule is COc1cc(/C=C2\C(=O)NC(=O)N(c3ccc(C)cc3)C2=O)cc(Br)c1OCC(=O)Nc1ccccc1. The van der Waals surface area contributed by atoms with Crippen molar-refractivity contribution in [2.75, 3.05) is 23.9 Å². The minimum Gasteiger partial charge on any atom is -0.493 e. The van der Waals surface area contributed by atoms with Crippen molar-refractivity contribution >= 4 is 57.1 Å². The van der Waals surface area contributed by atoms with E-state index in [2.05, 4.69) is 26.6 Å². The second-order valence-electron chi connectivity index (χ2n) is 8.03. The summed E-state index contributed by atoms with van der Waals surface area (Å²) in [5.74, 6) is -1.40. The molecular formula is C27H22BrN3O6. The summed E-state index contributed by atoms with van der Waals surface area (Å²) in [6.45, 7) is 1.60. The van der Waals surface area contributed by atoms with E-state index in [0.29, 0.717) is 21.4 Å². The van der Waals surface area contributed by atoms with Crippen LogP contribution in [0.5, 0.6) is 11.5 Å². The summed E-state index contributed by atoms with van der Waals surface area (Å²) >= 11 is 3.40. The standard InChI is InChI=1S/C27H22BrN3O6/c1-16-8-10-19(11-9-16)31-26(34)20(25(33)30-27(31)35)12-17-13-21(28)24(22(14-17)36-2)37-15-23(32)29-18-6-4-3-5-7-18/h3-14H,15H2,1-2H3,(H,29,32)(H,30,33,35)/b20-12+. The first-order valence-electron chi connectivity index (χ1n) is 11.1. The van der Waals surface area contributed by atoms with Crippen LogP contribution in [-0.2, 0) is 14.4 Å². The van der Waals surface area contributed by atoms with E-state index in [9.17, 15) is 19.2 Å². The number of halogens is 1. The molecule has 5 amide bonds. The first-order chi connectivity index (χ1) is 17.8. The van der Waals surface area contributed by atoms with Crippen LogP contribution in [0.15, 0.2) is 76.8 Å². The van der Waals surface area contributed by atoms with Crippen LogP contribution in [0.3, 0.4) is 0 Å². The molecule has 0 saturated carbocycles. The Bertz CT molecular complexity index is 1400. The molecule has 9 nitrogen and oxygen atoms in total. The lowest BCUT2D eigenvalue weighted by atomic mass is 10.1. The number of aryl methyl sites for hydroxylation is 1. The second kappa shape index (κ2) is 11.1. The number of benzene rings is 3. The van der Waals surface area contributed by atoms with Crippen LogP contribution in [0.25, 0.3) is 6.08 Å². The van der Waals surface area contributed by atoms with Crippen LogP contribution in [-0.4, -0.2) is 37.5 Å². The van der Waals surface area contributed by atoms with Crippen LogP contribution in [0, 0.1) is 6.92 Å². The van der Waals surface area contributed by atoms with Gasteiger partial charge in [-0.3, -0.25) is 19.7 Å². The number of anilines is 2. The van der Waals surface area contributed by atoms with Gasteiger partial charge in [-0.25, -0.2) is 9.69 Å². The van der Waals surface area contributed by atoms with Crippen molar-refractivity contribution < 1.29 is 28.7 Å². The number of rotatable bonds is 7. The number of nitrogens with zero attached hydrogens (tertiary/aromatic N) is 1. The predicted molar refractivity (Wildman–Crippen MR) is 141 cm³/mol. The average Bonchev–Trinajstić information content (AvgIpc) is 2.87. The fourth-order valence-corrected chi connectivity index (χ4v) is 4.15. The third-order valence-corrected chi connectivity index (χ3v) is 5.95. The zero-order valence-corrected chi connectivity index (χ0v) is 21.5. The molecule has 10 heteroatoms. The van der Waals surface area contributed by atoms with E-state index in [-0.39, 0.29) is 29.6 Å². The molecule has 0 atom stereocenters. The molecule has 0 aliphatic carbocycles. The zero-order chi connectivity index (χ0) is 26.5. The summed E-state index contributed by atoms with van der Waals surface area (Å²) in [6.07, 6.45) is 1.35. The highest BCUT2D eigenvalue weighted by molar-refractivity contribution is 9.10. The third kappa shape index (κ3) is 5.87. The highest BCUT2D eigenvalue weighted by atomic mass is 79.9. The Kier molecular flexibility index (Phi) is 7.69. The van der Waals surface area contributed by atoms with Gasteiger partial charge in [-0.2, -0.15) is 0 Å². The Hall–Kier alpha value is -4.44. The number of amides is 5. The Morgan fingerprint density at radius 1 is 1.05 bits per heavy atom. The summed E-state index contributed by atoms with van der Waals surface area (Å²) in [5, 5.41) is 4.92. The van der Waals surface area contributed by atoms with E-state index in [0.717, 1.165) is 10.5 Å². The molecule has 0 unspecified atom stereocenters. The quantitative estimate of drug-likeness (QED) is 0.324. The molecule has 0 spiro atoms. The predicted octanol–water partition coefficient (Wildman–Crippen LogP) is 4.45. The van der Waals surface area contributed by atoms with Crippen molar-refractivity contribution in [2.45, 2.75) is 6.92 Å². The molecule has 0 radical (unpaired) electrons. The maximum atomic E-state index is 13.1. The van der Waals surface area contributed by atoms with Gasteiger partial charge in [0.1, 0.15) is 5.57 Å². The molecule has 3 aromatic carbocycles. The van der Waals surface area contributed by atoms with Gasteiger partial charge in [0.05, 0.1) is 17.3 Å². The molecule has 188 valence electrons. The summed E-state index contributed by atoms with van der Waals surface area (Å²) in [4.78, 5) is 51.2. The molecule has 37 heavy (non-hydrogen) atoms. The molecule has 1 heterocycles. The van der Waals surface area contributed by atoms with Crippen LogP contribution in [0.1, 0.15) is 11.1 Å². The Morgan fingerprint density at radius 3 is 2.43 bits per heavy atom. The summed E-state index contributed by atoms with van der Waals surface area (Å²) in [5.41, 5.74) is 2.13. The molecule has 0 bridgehead atoms. The maximum absolute atomic E-state index is 13.1. The highest BCUT2D eigenvalue weighted by Gasteiger charge is 2.36. The van der Waals surface area contributed by atoms with Gasteiger partial charge in [-0.1, -0.05) is 35.9 Å². The Labute approximate surface area is 221 Å². The second-order valence-corrected chi connectivity index (χ2v) is 8.88. The molecule has 1 saturated heterocycles. The number of barbiturate groups is 1. The van der Waals surface area contributed by atoms with Crippen molar-refractivity contribution in [3.8, 4) is 11.5 Å². The summed E-state index contributed by atoms with van der Waals surface area (Å²) in [7, 11) is 1.42. The number of hydrogen-bond acceptors (Lipinski definition) is 6. The molecule has 3 aromatic rings. The van der Waals surface area contributed by atoms with Gasteiger partial charge < -0.3 is 14.8 Å². The number of urea groups is 1. The molecule has 1 aliphatic rings. The zero-order valence-electron chi connectivity index (χ0n) is 19.9. The third-order valence-electron chi connectivity index (χ3n) is 5.36. The van der Waals surface area contributed by atoms with Crippen molar-refractivity contribution in [1.29, 1.82) is 0 Å². The van der Waals surface area contributed by atoms with Crippen molar-refractivity contribution in [3.63, 3.8) is 0 Å². The lowest BCUT2D eigenvalue weighted by Crippen LogP contribution is -2.54. The normalized spacial score (nSPS) is 14.4. The first kappa shape index (κ1) is 25.6. The van der Waals surface area contributed by atoms with E-state index in [1.807, 2.05) is 13.0 Å². The molecule has 1 aliphatic heterocycles. The van der Waals surface area contributed by atoms with Crippen molar-refractivity contribution in [2.24, 2.45) is 0 Å². The number of carbonyl (C=O) groups excluding carboxylic acids is 4. The van der Waals surface area contributed by atoms with Gasteiger partial charge in [0.25, 0.3) is 17.7 Å². The van der Waals surface area contributed by atoms with Gasteiger partial charge in [0.15, 0.2) is 18.1 Å². The van der Waals surface area contributed by atoms with Crippen molar-refractivity contribution in [3.05, 3.63) is 87.9 Å². The van der Waals surface area contributed by atoms with Crippen molar-refractivity contribution in [1.82, 2.24) is 5.32 Å². The van der Waals surface area contributed by atoms with Crippen LogP contribution in [0.4, 0.5) is 16.2 Å².